The Morgan fingerprint density at radius 1 is 1.50 bits per heavy atom. The van der Waals surface area contributed by atoms with Gasteiger partial charge in [-0.15, -0.1) is 0 Å². The van der Waals surface area contributed by atoms with Crippen LogP contribution in [0.3, 0.4) is 0 Å². The second kappa shape index (κ2) is 6.18. The Morgan fingerprint density at radius 2 is 2.44 bits per heavy atom. The van der Waals surface area contributed by atoms with E-state index in [-0.39, 0.29) is 0 Å². The van der Waals surface area contributed by atoms with Crippen molar-refractivity contribution < 1.29 is 4.74 Å². The normalized spacial score (nSPS) is 20.9. The van der Waals surface area contributed by atoms with Crippen molar-refractivity contribution in [1.82, 2.24) is 10.3 Å². The molecule has 1 aromatic heterocycles. The lowest BCUT2D eigenvalue weighted by atomic mass is 10.1. The van der Waals surface area contributed by atoms with Crippen molar-refractivity contribution in [2.45, 2.75) is 31.9 Å². The summed E-state index contributed by atoms with van der Waals surface area (Å²) in [5.74, 6) is 0. The van der Waals surface area contributed by atoms with Gasteiger partial charge in [-0.05, 0) is 31.0 Å². The second-order valence-electron chi connectivity index (χ2n) is 4.13. The van der Waals surface area contributed by atoms with Crippen molar-refractivity contribution in [3.63, 3.8) is 0 Å². The van der Waals surface area contributed by atoms with Crippen LogP contribution in [-0.4, -0.2) is 24.2 Å². The number of piperidine rings is 1. The molecule has 88 valence electrons. The summed E-state index contributed by atoms with van der Waals surface area (Å²) in [6.07, 6.45) is 7.19. The molecule has 0 amide bonds. The van der Waals surface area contributed by atoms with Crippen LogP contribution in [0.2, 0.25) is 5.02 Å². The minimum atomic E-state index is 0.509. The number of ether oxygens (including phenoxy) is 1. The van der Waals surface area contributed by atoms with Crippen LogP contribution >= 0.6 is 11.6 Å². The Bertz CT molecular complexity index is 327. The first-order chi connectivity index (χ1) is 7.86. The zero-order chi connectivity index (χ0) is 11.2. The molecule has 16 heavy (non-hydrogen) atoms. The molecule has 1 fully saturated rings. The summed E-state index contributed by atoms with van der Waals surface area (Å²) in [4.78, 5) is 3.94. The van der Waals surface area contributed by atoms with E-state index in [1.165, 1.54) is 19.3 Å². The summed E-state index contributed by atoms with van der Waals surface area (Å²) in [7, 11) is 0. The molecule has 4 heteroatoms. The molecular formula is C12H17ClN2O. The lowest BCUT2D eigenvalue weighted by molar-refractivity contribution is 0.0911. The molecule has 0 spiro atoms. The summed E-state index contributed by atoms with van der Waals surface area (Å²) in [5, 5.41) is 4.13. The Balaban J connectivity index is 1.73. The number of hydrogen-bond donors (Lipinski definition) is 1. The highest BCUT2D eigenvalue weighted by atomic mass is 35.5. The van der Waals surface area contributed by atoms with Gasteiger partial charge in [0.15, 0.2) is 0 Å². The van der Waals surface area contributed by atoms with Gasteiger partial charge in [0.2, 0.25) is 0 Å². The maximum atomic E-state index is 5.99. The lowest BCUT2D eigenvalue weighted by Crippen LogP contribution is -2.37. The molecule has 1 unspecified atom stereocenters. The third-order valence-corrected chi connectivity index (χ3v) is 3.19. The molecule has 0 radical (unpaired) electrons. The van der Waals surface area contributed by atoms with E-state index >= 15 is 0 Å². The fraction of sp³-hybridized carbons (Fsp3) is 0.583. The number of pyridine rings is 1. The predicted molar refractivity (Wildman–Crippen MR) is 64.5 cm³/mol. The largest absolute Gasteiger partial charge is 0.375 e. The quantitative estimate of drug-likeness (QED) is 0.878. The van der Waals surface area contributed by atoms with Gasteiger partial charge in [-0.3, -0.25) is 4.98 Å². The van der Waals surface area contributed by atoms with E-state index in [4.69, 9.17) is 16.3 Å². The van der Waals surface area contributed by atoms with E-state index in [0.717, 1.165) is 18.7 Å². The molecule has 0 saturated carbocycles. The highest BCUT2D eigenvalue weighted by molar-refractivity contribution is 6.31. The number of hydrogen-bond acceptors (Lipinski definition) is 3. The number of halogens is 1. The standard InChI is InChI=1S/C12H17ClN2O/c13-12-7-14-6-4-10(12)8-16-9-11-3-1-2-5-15-11/h4,6-7,11,15H,1-3,5,8-9H2. The molecule has 3 nitrogen and oxygen atoms in total. The molecule has 1 aliphatic heterocycles. The fourth-order valence-electron chi connectivity index (χ4n) is 1.90. The summed E-state index contributed by atoms with van der Waals surface area (Å²) in [6, 6.07) is 2.41. The average molecular weight is 241 g/mol. The van der Waals surface area contributed by atoms with Crippen LogP contribution in [0.4, 0.5) is 0 Å². The zero-order valence-corrected chi connectivity index (χ0v) is 10.0. The smallest absolute Gasteiger partial charge is 0.0733 e. The maximum absolute atomic E-state index is 5.99. The number of nitrogens with zero attached hydrogens (tertiary/aromatic N) is 1. The Labute approximate surface area is 101 Å². The highest BCUT2D eigenvalue weighted by Crippen LogP contribution is 2.15. The van der Waals surface area contributed by atoms with Crippen LogP contribution in [0, 0.1) is 0 Å². The van der Waals surface area contributed by atoms with Crippen LogP contribution in [0.15, 0.2) is 18.5 Å². The zero-order valence-electron chi connectivity index (χ0n) is 9.29. The van der Waals surface area contributed by atoms with E-state index in [0.29, 0.717) is 17.7 Å². The topological polar surface area (TPSA) is 34.1 Å². The summed E-state index contributed by atoms with van der Waals surface area (Å²) in [5.41, 5.74) is 1.01. The van der Waals surface area contributed by atoms with Gasteiger partial charge in [0, 0.05) is 18.4 Å². The first kappa shape index (κ1) is 11.8. The van der Waals surface area contributed by atoms with Gasteiger partial charge in [0.05, 0.1) is 18.2 Å². The van der Waals surface area contributed by atoms with Crippen molar-refractivity contribution in [3.8, 4) is 0 Å². The molecule has 0 aromatic carbocycles. The van der Waals surface area contributed by atoms with E-state index in [9.17, 15) is 0 Å². The third kappa shape index (κ3) is 3.44. The van der Waals surface area contributed by atoms with Gasteiger partial charge in [-0.25, -0.2) is 0 Å². The minimum absolute atomic E-state index is 0.509. The number of nitrogens with one attached hydrogen (secondary N) is 1. The van der Waals surface area contributed by atoms with Crippen molar-refractivity contribution in [2.75, 3.05) is 13.2 Å². The van der Waals surface area contributed by atoms with Gasteiger partial charge >= 0.3 is 0 Å². The first-order valence-corrected chi connectivity index (χ1v) is 6.13. The van der Waals surface area contributed by atoms with Gasteiger partial charge in [0.1, 0.15) is 0 Å². The Kier molecular flexibility index (Phi) is 4.57. The second-order valence-corrected chi connectivity index (χ2v) is 4.54. The highest BCUT2D eigenvalue weighted by Gasteiger charge is 2.12. The van der Waals surface area contributed by atoms with Gasteiger partial charge in [-0.1, -0.05) is 18.0 Å². The van der Waals surface area contributed by atoms with Crippen LogP contribution in [0.1, 0.15) is 24.8 Å². The van der Waals surface area contributed by atoms with Gasteiger partial charge < -0.3 is 10.1 Å². The summed E-state index contributed by atoms with van der Waals surface area (Å²) < 4.78 is 5.67. The van der Waals surface area contributed by atoms with E-state index in [1.54, 1.807) is 12.4 Å². The van der Waals surface area contributed by atoms with Crippen molar-refractivity contribution in [1.29, 1.82) is 0 Å². The van der Waals surface area contributed by atoms with E-state index in [1.807, 2.05) is 6.07 Å². The molecule has 2 rings (SSSR count). The van der Waals surface area contributed by atoms with Crippen LogP contribution in [0.25, 0.3) is 0 Å². The van der Waals surface area contributed by atoms with Gasteiger partial charge in [0.25, 0.3) is 0 Å². The number of aromatic nitrogens is 1. The summed E-state index contributed by atoms with van der Waals surface area (Å²) >= 11 is 5.99. The molecular weight excluding hydrogens is 224 g/mol. The molecule has 1 aromatic rings. The van der Waals surface area contributed by atoms with Crippen LogP contribution in [-0.2, 0) is 11.3 Å². The average Bonchev–Trinajstić information content (AvgIpc) is 2.33. The molecule has 0 aliphatic carbocycles. The molecule has 1 saturated heterocycles. The van der Waals surface area contributed by atoms with Gasteiger partial charge in [-0.2, -0.15) is 0 Å². The number of rotatable bonds is 4. The Hall–Kier alpha value is -0.640. The predicted octanol–water partition coefficient (Wildman–Crippen LogP) is 2.39. The van der Waals surface area contributed by atoms with Crippen LogP contribution < -0.4 is 5.32 Å². The monoisotopic (exact) mass is 240 g/mol. The maximum Gasteiger partial charge on any atom is 0.0733 e. The first-order valence-electron chi connectivity index (χ1n) is 5.76. The van der Waals surface area contributed by atoms with Crippen LogP contribution in [0.5, 0.6) is 0 Å². The Morgan fingerprint density at radius 3 is 3.19 bits per heavy atom. The SMILES string of the molecule is Clc1cnccc1COCC1CCCCN1. The van der Waals surface area contributed by atoms with Crippen molar-refractivity contribution in [3.05, 3.63) is 29.0 Å². The fourth-order valence-corrected chi connectivity index (χ4v) is 2.07. The molecule has 2 heterocycles. The van der Waals surface area contributed by atoms with Crippen molar-refractivity contribution >= 4 is 11.6 Å². The third-order valence-electron chi connectivity index (χ3n) is 2.85. The molecule has 1 N–H and O–H groups in total. The molecule has 1 atom stereocenters. The molecule has 1 aliphatic rings. The molecule has 0 bridgehead atoms. The summed E-state index contributed by atoms with van der Waals surface area (Å²) in [6.45, 7) is 2.45. The lowest BCUT2D eigenvalue weighted by Gasteiger charge is -2.23. The van der Waals surface area contributed by atoms with E-state index in [2.05, 4.69) is 10.3 Å². The van der Waals surface area contributed by atoms with Crippen molar-refractivity contribution in [2.24, 2.45) is 0 Å². The van der Waals surface area contributed by atoms with E-state index < -0.39 is 0 Å². The minimum Gasteiger partial charge on any atom is -0.375 e.